The van der Waals surface area contributed by atoms with Gasteiger partial charge in [0.15, 0.2) is 0 Å². The summed E-state index contributed by atoms with van der Waals surface area (Å²) in [5.41, 5.74) is 7.71. The van der Waals surface area contributed by atoms with Gasteiger partial charge in [-0.3, -0.25) is 9.59 Å². The highest BCUT2D eigenvalue weighted by atomic mass is 35.5. The highest BCUT2D eigenvalue weighted by molar-refractivity contribution is 6.31. The van der Waals surface area contributed by atoms with Crippen molar-refractivity contribution in [2.45, 2.75) is 70.0 Å². The summed E-state index contributed by atoms with van der Waals surface area (Å²) in [7, 11) is 0. The van der Waals surface area contributed by atoms with Gasteiger partial charge in [0.05, 0.1) is 0 Å². The molecule has 3 N–H and O–H groups in total. The van der Waals surface area contributed by atoms with Crippen molar-refractivity contribution in [3.05, 3.63) is 28.8 Å². The maximum absolute atomic E-state index is 12.9. The Kier molecular flexibility index (Phi) is 5.42. The topological polar surface area (TPSA) is 75.4 Å². The Balaban J connectivity index is 1.50. The first-order valence-corrected chi connectivity index (χ1v) is 10.5. The zero-order valence-electron chi connectivity index (χ0n) is 15.6. The molecule has 1 aromatic rings. The molecule has 0 aromatic heterocycles. The summed E-state index contributed by atoms with van der Waals surface area (Å²) in [4.78, 5) is 27.0. The van der Waals surface area contributed by atoms with Crippen molar-refractivity contribution in [3.8, 4) is 0 Å². The Hall–Kier alpha value is -1.59. The lowest BCUT2D eigenvalue weighted by atomic mass is 9.90. The van der Waals surface area contributed by atoms with Crippen LogP contribution >= 0.6 is 11.6 Å². The van der Waals surface area contributed by atoms with E-state index in [4.69, 9.17) is 17.3 Å². The van der Waals surface area contributed by atoms with E-state index in [-0.39, 0.29) is 35.7 Å². The van der Waals surface area contributed by atoms with Gasteiger partial charge in [-0.05, 0) is 75.1 Å². The third-order valence-electron chi connectivity index (χ3n) is 5.99. The number of carbonyl (C=O) groups is 2. The zero-order chi connectivity index (χ0) is 19.0. The summed E-state index contributed by atoms with van der Waals surface area (Å²) >= 11 is 6.44. The molecule has 2 amide bonds. The molecule has 3 fully saturated rings. The number of hydrogen-bond acceptors (Lipinski definition) is 3. The van der Waals surface area contributed by atoms with Crippen molar-refractivity contribution in [3.63, 3.8) is 0 Å². The monoisotopic (exact) mass is 389 g/mol. The number of nitrogens with one attached hydrogen (secondary N) is 1. The Labute approximate surface area is 165 Å². The molecule has 0 bridgehead atoms. The van der Waals surface area contributed by atoms with E-state index in [1.807, 2.05) is 23.1 Å². The number of carbonyl (C=O) groups excluding carboxylic acids is 2. The second kappa shape index (κ2) is 7.80. The fourth-order valence-corrected chi connectivity index (χ4v) is 4.09. The SMILES string of the molecule is NC1CCC(N(Cc2cc(NC(=O)C3CC3)ccc2Cl)C(=O)C2CC2)CC1. The molecule has 0 spiro atoms. The number of hydrogen-bond donors (Lipinski definition) is 2. The van der Waals surface area contributed by atoms with Crippen LogP contribution in [0.3, 0.4) is 0 Å². The molecule has 6 heteroatoms. The third kappa shape index (κ3) is 4.64. The van der Waals surface area contributed by atoms with E-state index >= 15 is 0 Å². The predicted octanol–water partition coefficient (Wildman–Crippen LogP) is 3.70. The van der Waals surface area contributed by atoms with Gasteiger partial charge in [-0.1, -0.05) is 11.6 Å². The van der Waals surface area contributed by atoms with Crippen LogP contribution < -0.4 is 11.1 Å². The molecule has 5 nitrogen and oxygen atoms in total. The first-order valence-electron chi connectivity index (χ1n) is 10.2. The first kappa shape index (κ1) is 18.8. The highest BCUT2D eigenvalue weighted by Gasteiger charge is 2.37. The molecule has 0 aliphatic heterocycles. The molecule has 1 aromatic carbocycles. The van der Waals surface area contributed by atoms with Crippen LogP contribution in [0.5, 0.6) is 0 Å². The fourth-order valence-electron chi connectivity index (χ4n) is 3.91. The zero-order valence-corrected chi connectivity index (χ0v) is 16.4. The minimum atomic E-state index is 0.0791. The molecule has 3 aliphatic carbocycles. The number of halogens is 1. The quantitative estimate of drug-likeness (QED) is 0.778. The summed E-state index contributed by atoms with van der Waals surface area (Å²) in [6.45, 7) is 0.501. The van der Waals surface area contributed by atoms with Gasteiger partial charge >= 0.3 is 0 Å². The molecule has 146 valence electrons. The van der Waals surface area contributed by atoms with Gasteiger partial charge in [-0.2, -0.15) is 0 Å². The van der Waals surface area contributed by atoms with E-state index in [1.165, 1.54) is 0 Å². The van der Waals surface area contributed by atoms with E-state index in [9.17, 15) is 9.59 Å². The summed E-state index contributed by atoms with van der Waals surface area (Å²) < 4.78 is 0. The average Bonchev–Trinajstić information content (AvgIpc) is 3.55. The smallest absolute Gasteiger partial charge is 0.227 e. The van der Waals surface area contributed by atoms with Crippen LogP contribution in [0.1, 0.15) is 56.9 Å². The minimum Gasteiger partial charge on any atom is -0.335 e. The number of amides is 2. The van der Waals surface area contributed by atoms with Gasteiger partial charge in [0.25, 0.3) is 0 Å². The molecule has 27 heavy (non-hydrogen) atoms. The third-order valence-corrected chi connectivity index (χ3v) is 6.36. The number of benzene rings is 1. The van der Waals surface area contributed by atoms with Crippen LogP contribution in [0, 0.1) is 11.8 Å². The molecule has 0 saturated heterocycles. The lowest BCUT2D eigenvalue weighted by molar-refractivity contribution is -0.136. The van der Waals surface area contributed by atoms with Crippen molar-refractivity contribution in [2.24, 2.45) is 17.6 Å². The van der Waals surface area contributed by atoms with Crippen molar-refractivity contribution in [1.29, 1.82) is 0 Å². The normalized spacial score (nSPS) is 25.1. The molecule has 0 radical (unpaired) electrons. The maximum Gasteiger partial charge on any atom is 0.227 e. The number of anilines is 1. The molecule has 0 unspecified atom stereocenters. The minimum absolute atomic E-state index is 0.0791. The van der Waals surface area contributed by atoms with Crippen LogP contribution in [0.15, 0.2) is 18.2 Å². The van der Waals surface area contributed by atoms with Crippen LogP contribution in [0.2, 0.25) is 5.02 Å². The van der Waals surface area contributed by atoms with Crippen molar-refractivity contribution in [2.75, 3.05) is 5.32 Å². The summed E-state index contributed by atoms with van der Waals surface area (Å²) in [6, 6.07) is 6.06. The molecular weight excluding hydrogens is 362 g/mol. The van der Waals surface area contributed by atoms with E-state index in [0.29, 0.717) is 11.6 Å². The van der Waals surface area contributed by atoms with Gasteiger partial charge in [0.1, 0.15) is 0 Å². The summed E-state index contributed by atoms with van der Waals surface area (Å²) in [5.74, 6) is 0.662. The summed E-state index contributed by atoms with van der Waals surface area (Å²) in [5, 5.41) is 3.62. The lowest BCUT2D eigenvalue weighted by Gasteiger charge is -2.36. The second-order valence-corrected chi connectivity index (χ2v) is 8.79. The molecule has 4 rings (SSSR count). The first-order chi connectivity index (χ1) is 13.0. The Bertz CT molecular complexity index is 722. The van der Waals surface area contributed by atoms with E-state index in [1.54, 1.807) is 0 Å². The van der Waals surface area contributed by atoms with E-state index in [2.05, 4.69) is 5.32 Å². The van der Waals surface area contributed by atoms with Crippen LogP contribution in [0.25, 0.3) is 0 Å². The Morgan fingerprint density at radius 3 is 2.33 bits per heavy atom. The molecule has 3 saturated carbocycles. The average molecular weight is 390 g/mol. The maximum atomic E-state index is 12.9. The standard InChI is InChI=1S/C21H28ClN3O2/c22-19-10-7-17(24-20(26)13-1-2-13)11-15(19)12-25(21(27)14-3-4-14)18-8-5-16(23)6-9-18/h7,10-11,13-14,16,18H,1-6,8-9,12,23H2,(H,24,26). The van der Waals surface area contributed by atoms with Gasteiger partial charge in [0, 0.05) is 41.2 Å². The van der Waals surface area contributed by atoms with Crippen LogP contribution in [0.4, 0.5) is 5.69 Å². The van der Waals surface area contributed by atoms with Gasteiger partial charge < -0.3 is 16.0 Å². The summed E-state index contributed by atoms with van der Waals surface area (Å²) in [6.07, 6.45) is 7.76. The van der Waals surface area contributed by atoms with Gasteiger partial charge in [-0.25, -0.2) is 0 Å². The largest absolute Gasteiger partial charge is 0.335 e. The highest BCUT2D eigenvalue weighted by Crippen LogP contribution is 2.36. The van der Waals surface area contributed by atoms with Crippen molar-refractivity contribution in [1.82, 2.24) is 4.90 Å². The Morgan fingerprint density at radius 2 is 1.70 bits per heavy atom. The Morgan fingerprint density at radius 1 is 1.04 bits per heavy atom. The van der Waals surface area contributed by atoms with Gasteiger partial charge in [0.2, 0.25) is 11.8 Å². The number of rotatable bonds is 6. The van der Waals surface area contributed by atoms with Crippen molar-refractivity contribution >= 4 is 29.1 Å². The fraction of sp³-hybridized carbons (Fsp3) is 0.619. The van der Waals surface area contributed by atoms with Crippen LogP contribution in [-0.4, -0.2) is 28.8 Å². The second-order valence-electron chi connectivity index (χ2n) is 8.38. The van der Waals surface area contributed by atoms with Gasteiger partial charge in [-0.15, -0.1) is 0 Å². The molecule has 0 heterocycles. The van der Waals surface area contributed by atoms with E-state index < -0.39 is 0 Å². The predicted molar refractivity (Wildman–Crippen MR) is 106 cm³/mol. The number of nitrogens with zero attached hydrogens (tertiary/aromatic N) is 1. The molecule has 3 aliphatic rings. The number of nitrogens with two attached hydrogens (primary N) is 1. The van der Waals surface area contributed by atoms with Crippen molar-refractivity contribution < 1.29 is 9.59 Å². The molecule has 0 atom stereocenters. The van der Waals surface area contributed by atoms with Crippen LogP contribution in [-0.2, 0) is 16.1 Å². The molecular formula is C21H28ClN3O2. The lowest BCUT2D eigenvalue weighted by Crippen LogP contribution is -2.44. The van der Waals surface area contributed by atoms with E-state index in [0.717, 1.165) is 62.6 Å².